The minimum absolute atomic E-state index is 0.428. The highest BCUT2D eigenvalue weighted by Gasteiger charge is 2.10. The molecule has 1 aromatic rings. The Bertz CT molecular complexity index is 202. The zero-order valence-corrected chi connectivity index (χ0v) is 7.66. The fourth-order valence-electron chi connectivity index (χ4n) is 1.11. The lowest BCUT2D eigenvalue weighted by Gasteiger charge is -2.08. The molecule has 0 aromatic carbocycles. The van der Waals surface area contributed by atoms with Crippen molar-refractivity contribution in [1.29, 1.82) is 0 Å². The summed E-state index contributed by atoms with van der Waals surface area (Å²) in [4.78, 5) is 0. The van der Waals surface area contributed by atoms with Gasteiger partial charge in [0, 0.05) is 0 Å². The summed E-state index contributed by atoms with van der Waals surface area (Å²) in [5.74, 6) is 1.31. The van der Waals surface area contributed by atoms with Crippen LogP contribution in [-0.4, -0.2) is 5.11 Å². The number of hydrogen-bond acceptors (Lipinski definition) is 2. The SMILES string of the molecule is CC(C)CCC(O)c1ccco1. The Morgan fingerprint density at radius 3 is 2.67 bits per heavy atom. The van der Waals surface area contributed by atoms with Crippen LogP contribution < -0.4 is 0 Å². The third-order valence-electron chi connectivity index (χ3n) is 1.89. The van der Waals surface area contributed by atoms with Gasteiger partial charge >= 0.3 is 0 Å². The summed E-state index contributed by atoms with van der Waals surface area (Å²) in [6.07, 6.45) is 2.98. The maximum Gasteiger partial charge on any atom is 0.132 e. The van der Waals surface area contributed by atoms with Gasteiger partial charge in [0.05, 0.1) is 6.26 Å². The van der Waals surface area contributed by atoms with E-state index in [0.717, 1.165) is 12.8 Å². The predicted molar refractivity (Wildman–Crippen MR) is 47.7 cm³/mol. The Morgan fingerprint density at radius 2 is 2.17 bits per heavy atom. The van der Waals surface area contributed by atoms with Gasteiger partial charge in [-0.25, -0.2) is 0 Å². The molecule has 12 heavy (non-hydrogen) atoms. The van der Waals surface area contributed by atoms with E-state index < -0.39 is 6.10 Å². The molecule has 2 nitrogen and oxygen atoms in total. The van der Waals surface area contributed by atoms with Crippen LogP contribution in [0.25, 0.3) is 0 Å². The van der Waals surface area contributed by atoms with E-state index in [1.807, 2.05) is 6.07 Å². The molecule has 0 bridgehead atoms. The Balaban J connectivity index is 2.34. The van der Waals surface area contributed by atoms with Crippen LogP contribution in [0.2, 0.25) is 0 Å². The van der Waals surface area contributed by atoms with Gasteiger partial charge in [0.2, 0.25) is 0 Å². The Kier molecular flexibility index (Phi) is 3.35. The molecule has 1 unspecified atom stereocenters. The van der Waals surface area contributed by atoms with E-state index in [1.165, 1.54) is 0 Å². The molecule has 0 radical (unpaired) electrons. The van der Waals surface area contributed by atoms with Gasteiger partial charge in [-0.15, -0.1) is 0 Å². The van der Waals surface area contributed by atoms with Gasteiger partial charge < -0.3 is 9.52 Å². The van der Waals surface area contributed by atoms with Crippen LogP contribution in [0.5, 0.6) is 0 Å². The average molecular weight is 168 g/mol. The summed E-state index contributed by atoms with van der Waals surface area (Å²) < 4.78 is 5.08. The number of hydrogen-bond donors (Lipinski definition) is 1. The summed E-state index contributed by atoms with van der Waals surface area (Å²) in [5, 5.41) is 9.56. The molecule has 0 aliphatic heterocycles. The number of aliphatic hydroxyl groups excluding tert-OH is 1. The van der Waals surface area contributed by atoms with Crippen molar-refractivity contribution in [2.24, 2.45) is 5.92 Å². The fourth-order valence-corrected chi connectivity index (χ4v) is 1.11. The summed E-state index contributed by atoms with van der Waals surface area (Å²) in [5.41, 5.74) is 0. The lowest BCUT2D eigenvalue weighted by molar-refractivity contribution is 0.133. The molecule has 1 atom stereocenters. The van der Waals surface area contributed by atoms with Gasteiger partial charge in [0.25, 0.3) is 0 Å². The standard InChI is InChI=1S/C10H16O2/c1-8(2)5-6-9(11)10-4-3-7-12-10/h3-4,7-9,11H,5-6H2,1-2H3. The van der Waals surface area contributed by atoms with E-state index in [4.69, 9.17) is 4.42 Å². The second-order valence-electron chi connectivity index (χ2n) is 3.50. The second-order valence-corrected chi connectivity index (χ2v) is 3.50. The molecule has 2 heteroatoms. The smallest absolute Gasteiger partial charge is 0.132 e. The normalized spacial score (nSPS) is 13.7. The molecule has 0 spiro atoms. The van der Waals surface area contributed by atoms with Gasteiger partial charge in [0.1, 0.15) is 11.9 Å². The second kappa shape index (κ2) is 4.31. The molecular weight excluding hydrogens is 152 g/mol. The van der Waals surface area contributed by atoms with Crippen LogP contribution in [-0.2, 0) is 0 Å². The molecular formula is C10H16O2. The monoisotopic (exact) mass is 168 g/mol. The molecule has 0 aliphatic rings. The first-order chi connectivity index (χ1) is 5.70. The average Bonchev–Trinajstić information content (AvgIpc) is 2.51. The molecule has 0 fully saturated rings. The lowest BCUT2D eigenvalue weighted by atomic mass is 10.0. The maximum absolute atomic E-state index is 9.56. The third-order valence-corrected chi connectivity index (χ3v) is 1.89. The first kappa shape index (κ1) is 9.33. The van der Waals surface area contributed by atoms with E-state index in [1.54, 1.807) is 12.3 Å². The van der Waals surface area contributed by atoms with Crippen LogP contribution in [0.1, 0.15) is 38.6 Å². The highest BCUT2D eigenvalue weighted by atomic mass is 16.4. The van der Waals surface area contributed by atoms with Crippen LogP contribution in [0.3, 0.4) is 0 Å². The van der Waals surface area contributed by atoms with Crippen LogP contribution in [0, 0.1) is 5.92 Å². The van der Waals surface area contributed by atoms with E-state index >= 15 is 0 Å². The van der Waals surface area contributed by atoms with Crippen molar-refractivity contribution in [3.05, 3.63) is 24.2 Å². The van der Waals surface area contributed by atoms with Crippen LogP contribution in [0.15, 0.2) is 22.8 Å². The van der Waals surface area contributed by atoms with E-state index in [-0.39, 0.29) is 0 Å². The highest BCUT2D eigenvalue weighted by molar-refractivity contribution is 5.01. The molecule has 68 valence electrons. The predicted octanol–water partition coefficient (Wildman–Crippen LogP) is 2.75. The molecule has 1 N–H and O–H groups in total. The van der Waals surface area contributed by atoms with Crippen molar-refractivity contribution in [1.82, 2.24) is 0 Å². The lowest BCUT2D eigenvalue weighted by Crippen LogP contribution is -1.98. The molecule has 0 amide bonds. The summed E-state index contributed by atoms with van der Waals surface area (Å²) in [7, 11) is 0. The minimum Gasteiger partial charge on any atom is -0.467 e. The highest BCUT2D eigenvalue weighted by Crippen LogP contribution is 2.20. The van der Waals surface area contributed by atoms with Crippen molar-refractivity contribution in [3.8, 4) is 0 Å². The Morgan fingerprint density at radius 1 is 1.42 bits per heavy atom. The first-order valence-corrected chi connectivity index (χ1v) is 4.41. The zero-order chi connectivity index (χ0) is 8.97. The van der Waals surface area contributed by atoms with E-state index in [2.05, 4.69) is 13.8 Å². The molecule has 1 aromatic heterocycles. The first-order valence-electron chi connectivity index (χ1n) is 4.41. The van der Waals surface area contributed by atoms with Gasteiger partial charge in [-0.1, -0.05) is 13.8 Å². The van der Waals surface area contributed by atoms with Crippen molar-refractivity contribution < 1.29 is 9.52 Å². The minimum atomic E-state index is -0.428. The van der Waals surface area contributed by atoms with Gasteiger partial charge in [-0.05, 0) is 30.9 Å². The zero-order valence-electron chi connectivity index (χ0n) is 7.66. The quantitative estimate of drug-likeness (QED) is 0.749. The topological polar surface area (TPSA) is 33.4 Å². The molecule has 1 heterocycles. The van der Waals surface area contributed by atoms with Crippen molar-refractivity contribution >= 4 is 0 Å². The fraction of sp³-hybridized carbons (Fsp3) is 0.600. The maximum atomic E-state index is 9.56. The van der Waals surface area contributed by atoms with E-state index in [0.29, 0.717) is 11.7 Å². The third kappa shape index (κ3) is 2.70. The summed E-state index contributed by atoms with van der Waals surface area (Å²) in [6.45, 7) is 4.30. The Labute approximate surface area is 73.2 Å². The number of rotatable bonds is 4. The van der Waals surface area contributed by atoms with Crippen LogP contribution >= 0.6 is 0 Å². The number of aliphatic hydroxyl groups is 1. The van der Waals surface area contributed by atoms with Gasteiger partial charge in [0.15, 0.2) is 0 Å². The Hall–Kier alpha value is -0.760. The molecule has 0 saturated heterocycles. The van der Waals surface area contributed by atoms with Crippen molar-refractivity contribution in [2.75, 3.05) is 0 Å². The number of furan rings is 1. The van der Waals surface area contributed by atoms with Crippen molar-refractivity contribution in [2.45, 2.75) is 32.8 Å². The largest absolute Gasteiger partial charge is 0.467 e. The summed E-state index contributed by atoms with van der Waals surface area (Å²) >= 11 is 0. The molecule has 0 aliphatic carbocycles. The van der Waals surface area contributed by atoms with Crippen LogP contribution in [0.4, 0.5) is 0 Å². The summed E-state index contributed by atoms with van der Waals surface area (Å²) in [6, 6.07) is 3.61. The molecule has 0 saturated carbocycles. The van der Waals surface area contributed by atoms with E-state index in [9.17, 15) is 5.11 Å². The van der Waals surface area contributed by atoms with Crippen molar-refractivity contribution in [3.63, 3.8) is 0 Å². The van der Waals surface area contributed by atoms with Gasteiger partial charge in [-0.2, -0.15) is 0 Å². The van der Waals surface area contributed by atoms with Gasteiger partial charge in [-0.3, -0.25) is 0 Å². The molecule has 1 rings (SSSR count).